The number of hydrogen-bond donors (Lipinski definition) is 2. The van der Waals surface area contributed by atoms with Gasteiger partial charge in [0.25, 0.3) is 5.91 Å². The zero-order valence-corrected chi connectivity index (χ0v) is 11.0. The minimum absolute atomic E-state index is 0.0748. The van der Waals surface area contributed by atoms with Crippen LogP contribution in [0.4, 0.5) is 0 Å². The molecular formula is C14H17NO5. The molecule has 108 valence electrons. The van der Waals surface area contributed by atoms with Gasteiger partial charge in [-0.05, 0) is 31.4 Å². The number of benzene rings is 1. The first-order chi connectivity index (χ1) is 9.58. The number of ether oxygens (including phenoxy) is 1. The van der Waals surface area contributed by atoms with Crippen LogP contribution in [0.25, 0.3) is 0 Å². The maximum Gasteiger partial charge on any atom is 0.342 e. The van der Waals surface area contributed by atoms with Crippen LogP contribution in [0.2, 0.25) is 0 Å². The summed E-state index contributed by atoms with van der Waals surface area (Å²) in [7, 11) is 0. The lowest BCUT2D eigenvalue weighted by Gasteiger charge is -2.26. The Morgan fingerprint density at radius 2 is 1.85 bits per heavy atom. The summed E-state index contributed by atoms with van der Waals surface area (Å²) in [6, 6.07) is 3.56. The summed E-state index contributed by atoms with van der Waals surface area (Å²) < 4.78 is 4.89. The van der Waals surface area contributed by atoms with E-state index < -0.39 is 5.97 Å². The highest BCUT2D eigenvalue weighted by molar-refractivity contribution is 5.94. The van der Waals surface area contributed by atoms with Gasteiger partial charge in [0.2, 0.25) is 0 Å². The Hall–Kier alpha value is -2.24. The number of amides is 1. The highest BCUT2D eigenvalue weighted by atomic mass is 16.5. The van der Waals surface area contributed by atoms with E-state index in [1.807, 2.05) is 0 Å². The molecule has 0 aromatic heterocycles. The maximum absolute atomic E-state index is 11.8. The predicted molar refractivity (Wildman–Crippen MR) is 70.5 cm³/mol. The second-order valence-electron chi connectivity index (χ2n) is 4.72. The molecule has 2 rings (SSSR count). The van der Waals surface area contributed by atoms with E-state index in [1.54, 1.807) is 4.90 Å². The third-order valence-electron chi connectivity index (χ3n) is 3.24. The Balaban J connectivity index is 1.89. The van der Waals surface area contributed by atoms with E-state index in [4.69, 9.17) is 9.84 Å². The molecule has 0 saturated carbocycles. The van der Waals surface area contributed by atoms with Gasteiger partial charge in [0, 0.05) is 19.2 Å². The van der Waals surface area contributed by atoms with Gasteiger partial charge >= 0.3 is 5.97 Å². The molecule has 1 amide bonds. The molecule has 0 radical (unpaired) electrons. The molecule has 1 aliphatic heterocycles. The first kappa shape index (κ1) is 14.2. The van der Waals surface area contributed by atoms with Gasteiger partial charge in [0.1, 0.15) is 17.1 Å². The van der Waals surface area contributed by atoms with Crippen LogP contribution in [-0.2, 0) is 9.53 Å². The van der Waals surface area contributed by atoms with E-state index in [9.17, 15) is 14.7 Å². The van der Waals surface area contributed by atoms with Crippen LogP contribution in [0.15, 0.2) is 18.2 Å². The Morgan fingerprint density at radius 3 is 2.50 bits per heavy atom. The maximum atomic E-state index is 11.8. The second-order valence-corrected chi connectivity index (χ2v) is 4.72. The van der Waals surface area contributed by atoms with E-state index in [0.29, 0.717) is 13.1 Å². The predicted octanol–water partition coefficient (Wildman–Crippen LogP) is 1.27. The van der Waals surface area contributed by atoms with Crippen molar-refractivity contribution in [3.05, 3.63) is 23.8 Å². The van der Waals surface area contributed by atoms with Crippen LogP contribution < -0.4 is 0 Å². The van der Waals surface area contributed by atoms with E-state index in [-0.39, 0.29) is 29.6 Å². The van der Waals surface area contributed by atoms with Crippen molar-refractivity contribution in [3.63, 3.8) is 0 Å². The molecule has 1 fully saturated rings. The fraction of sp³-hybridized carbons (Fsp3) is 0.429. The third-order valence-corrected chi connectivity index (χ3v) is 3.24. The first-order valence-electron chi connectivity index (χ1n) is 6.55. The molecule has 1 saturated heterocycles. The molecule has 6 nitrogen and oxygen atoms in total. The lowest BCUT2D eigenvalue weighted by atomic mass is 10.1. The quantitative estimate of drug-likeness (QED) is 0.813. The molecule has 1 aliphatic rings. The van der Waals surface area contributed by atoms with Gasteiger partial charge in [-0.1, -0.05) is 0 Å². The molecule has 6 heteroatoms. The zero-order valence-electron chi connectivity index (χ0n) is 11.0. The lowest BCUT2D eigenvalue weighted by Crippen LogP contribution is -2.38. The number of phenols is 2. The van der Waals surface area contributed by atoms with Crippen molar-refractivity contribution in [3.8, 4) is 11.5 Å². The number of carbonyl (C=O) groups excluding carboxylic acids is 2. The molecule has 0 unspecified atom stereocenters. The Labute approximate surface area is 116 Å². The highest BCUT2D eigenvalue weighted by Crippen LogP contribution is 2.23. The number of likely N-dealkylation sites (tertiary alicyclic amines) is 1. The summed E-state index contributed by atoms with van der Waals surface area (Å²) >= 11 is 0. The standard InChI is InChI=1S/C14H17NO5/c16-10-4-5-11(12(17)8-10)14(19)20-9-13(18)15-6-2-1-3-7-15/h4-5,8,16-17H,1-3,6-7,9H2. The van der Waals surface area contributed by atoms with Gasteiger partial charge in [-0.3, -0.25) is 4.79 Å². The smallest absolute Gasteiger partial charge is 0.342 e. The van der Waals surface area contributed by atoms with E-state index >= 15 is 0 Å². The molecule has 1 heterocycles. The summed E-state index contributed by atoms with van der Waals surface area (Å²) in [6.45, 7) is 1.06. The van der Waals surface area contributed by atoms with Gasteiger partial charge in [-0.15, -0.1) is 0 Å². The fourth-order valence-electron chi connectivity index (χ4n) is 2.13. The SMILES string of the molecule is O=C(OCC(=O)N1CCCCC1)c1ccc(O)cc1O. The van der Waals surface area contributed by atoms with Crippen LogP contribution in [0, 0.1) is 0 Å². The fourth-order valence-corrected chi connectivity index (χ4v) is 2.13. The largest absolute Gasteiger partial charge is 0.508 e. The van der Waals surface area contributed by atoms with Crippen LogP contribution in [-0.4, -0.2) is 46.7 Å². The summed E-state index contributed by atoms with van der Waals surface area (Å²) in [4.78, 5) is 25.2. The number of piperidine rings is 1. The highest BCUT2D eigenvalue weighted by Gasteiger charge is 2.19. The number of aromatic hydroxyl groups is 2. The molecule has 1 aromatic rings. The van der Waals surface area contributed by atoms with Crippen LogP contribution in [0.1, 0.15) is 29.6 Å². The van der Waals surface area contributed by atoms with Crippen molar-refractivity contribution in [2.45, 2.75) is 19.3 Å². The number of rotatable bonds is 3. The molecule has 2 N–H and O–H groups in total. The van der Waals surface area contributed by atoms with Gasteiger partial charge in [-0.25, -0.2) is 4.79 Å². The number of hydrogen-bond acceptors (Lipinski definition) is 5. The topological polar surface area (TPSA) is 87.1 Å². The van der Waals surface area contributed by atoms with Crippen molar-refractivity contribution in [2.24, 2.45) is 0 Å². The van der Waals surface area contributed by atoms with Crippen molar-refractivity contribution in [2.75, 3.05) is 19.7 Å². The molecule has 0 bridgehead atoms. The monoisotopic (exact) mass is 279 g/mol. The minimum Gasteiger partial charge on any atom is -0.508 e. The van der Waals surface area contributed by atoms with Crippen molar-refractivity contribution in [1.82, 2.24) is 4.90 Å². The average Bonchev–Trinajstić information content (AvgIpc) is 2.45. The molecule has 0 aliphatic carbocycles. The number of carbonyl (C=O) groups is 2. The summed E-state index contributed by atoms with van der Waals surface area (Å²) in [5.74, 6) is -1.53. The molecule has 1 aromatic carbocycles. The number of nitrogens with zero attached hydrogens (tertiary/aromatic N) is 1. The van der Waals surface area contributed by atoms with Gasteiger partial charge < -0.3 is 19.8 Å². The molecule has 0 atom stereocenters. The lowest BCUT2D eigenvalue weighted by molar-refractivity contribution is -0.135. The summed E-state index contributed by atoms with van der Waals surface area (Å²) in [5.41, 5.74) is -0.0748. The Bertz CT molecular complexity index is 508. The van der Waals surface area contributed by atoms with Crippen molar-refractivity contribution in [1.29, 1.82) is 0 Å². The number of esters is 1. The summed E-state index contributed by atoms with van der Waals surface area (Å²) in [6.07, 6.45) is 3.06. The van der Waals surface area contributed by atoms with Gasteiger partial charge in [0.15, 0.2) is 6.61 Å². The van der Waals surface area contributed by atoms with E-state index in [1.165, 1.54) is 12.1 Å². The first-order valence-corrected chi connectivity index (χ1v) is 6.55. The van der Waals surface area contributed by atoms with Gasteiger partial charge in [0.05, 0.1) is 0 Å². The molecular weight excluding hydrogens is 262 g/mol. The molecule has 20 heavy (non-hydrogen) atoms. The third kappa shape index (κ3) is 3.40. The zero-order chi connectivity index (χ0) is 14.5. The average molecular weight is 279 g/mol. The van der Waals surface area contributed by atoms with Crippen LogP contribution in [0.3, 0.4) is 0 Å². The number of phenolic OH excluding ortho intramolecular Hbond substituents is 2. The van der Waals surface area contributed by atoms with E-state index in [2.05, 4.69) is 0 Å². The van der Waals surface area contributed by atoms with Crippen molar-refractivity contribution < 1.29 is 24.5 Å². The minimum atomic E-state index is -0.784. The second kappa shape index (κ2) is 6.27. The normalized spacial score (nSPS) is 14.9. The van der Waals surface area contributed by atoms with Crippen molar-refractivity contribution >= 4 is 11.9 Å². The summed E-state index contributed by atoms with van der Waals surface area (Å²) in [5, 5.41) is 18.7. The Kier molecular flexibility index (Phi) is 4.45. The van der Waals surface area contributed by atoms with E-state index in [0.717, 1.165) is 25.3 Å². The Morgan fingerprint density at radius 1 is 1.15 bits per heavy atom. The van der Waals surface area contributed by atoms with Gasteiger partial charge in [-0.2, -0.15) is 0 Å². The van der Waals surface area contributed by atoms with Crippen LogP contribution in [0.5, 0.6) is 11.5 Å². The molecule has 0 spiro atoms. The van der Waals surface area contributed by atoms with Crippen LogP contribution >= 0.6 is 0 Å².